The van der Waals surface area contributed by atoms with Gasteiger partial charge in [0.15, 0.2) is 0 Å². The van der Waals surface area contributed by atoms with Gasteiger partial charge in [-0.1, -0.05) is 18.2 Å². The third-order valence-corrected chi connectivity index (χ3v) is 3.50. The van der Waals surface area contributed by atoms with Gasteiger partial charge in [0.25, 0.3) is 0 Å². The Morgan fingerprint density at radius 1 is 1.35 bits per heavy atom. The number of rotatable bonds is 7. The van der Waals surface area contributed by atoms with Crippen molar-refractivity contribution in [2.24, 2.45) is 0 Å². The lowest BCUT2D eigenvalue weighted by atomic mass is 10.0. The summed E-state index contributed by atoms with van der Waals surface area (Å²) < 4.78 is 39.7. The maximum Gasteiger partial charge on any atom is 0.416 e. The number of hydrogen-bond acceptors (Lipinski definition) is 3. The van der Waals surface area contributed by atoms with E-state index in [9.17, 15) is 13.2 Å². The molecule has 0 radical (unpaired) electrons. The van der Waals surface area contributed by atoms with Crippen molar-refractivity contribution < 1.29 is 18.3 Å². The van der Waals surface area contributed by atoms with Crippen molar-refractivity contribution in [2.45, 2.75) is 38.5 Å². The number of alkyl halides is 3. The summed E-state index contributed by atoms with van der Waals surface area (Å²) in [5, 5.41) is 16.2. The largest absolute Gasteiger partial charge is 0.416 e. The van der Waals surface area contributed by atoms with E-state index in [1.165, 1.54) is 12.1 Å². The zero-order chi connectivity index (χ0) is 16.9. The van der Waals surface area contributed by atoms with Crippen LogP contribution in [0.5, 0.6) is 0 Å². The molecular formula is C16H20F3N3O. The Hall–Kier alpha value is -2.02. The number of aryl methyl sites for hydroxylation is 1. The molecule has 0 saturated heterocycles. The van der Waals surface area contributed by atoms with Gasteiger partial charge in [-0.3, -0.25) is 4.68 Å². The number of aliphatic hydroxyl groups is 1. The SMILES string of the molecule is CC(CCc1cccc(C(F)(F)F)c1)Nc1cnn(CCO)c1. The first-order valence-corrected chi connectivity index (χ1v) is 7.44. The molecule has 0 aliphatic rings. The molecule has 0 aliphatic heterocycles. The van der Waals surface area contributed by atoms with Crippen LogP contribution in [0.4, 0.5) is 18.9 Å². The van der Waals surface area contributed by atoms with E-state index in [1.54, 1.807) is 23.1 Å². The predicted octanol–water partition coefficient (Wildman–Crippen LogP) is 3.33. The third kappa shape index (κ3) is 5.28. The Morgan fingerprint density at radius 2 is 2.13 bits per heavy atom. The van der Waals surface area contributed by atoms with Crippen LogP contribution < -0.4 is 5.32 Å². The number of aromatic nitrogens is 2. The van der Waals surface area contributed by atoms with Crippen molar-refractivity contribution in [3.63, 3.8) is 0 Å². The van der Waals surface area contributed by atoms with Gasteiger partial charge in [0, 0.05) is 12.2 Å². The summed E-state index contributed by atoms with van der Waals surface area (Å²) in [6, 6.07) is 5.53. The summed E-state index contributed by atoms with van der Waals surface area (Å²) in [6.07, 6.45) is 0.407. The van der Waals surface area contributed by atoms with Gasteiger partial charge in [-0.15, -0.1) is 0 Å². The summed E-state index contributed by atoms with van der Waals surface area (Å²) >= 11 is 0. The predicted molar refractivity (Wildman–Crippen MR) is 82.2 cm³/mol. The van der Waals surface area contributed by atoms with Crippen molar-refractivity contribution in [3.05, 3.63) is 47.8 Å². The van der Waals surface area contributed by atoms with Gasteiger partial charge in [0.1, 0.15) is 0 Å². The average Bonchev–Trinajstić information content (AvgIpc) is 2.92. The summed E-state index contributed by atoms with van der Waals surface area (Å²) in [6.45, 7) is 2.42. The monoisotopic (exact) mass is 327 g/mol. The fraction of sp³-hybridized carbons (Fsp3) is 0.438. The summed E-state index contributed by atoms with van der Waals surface area (Å²) in [4.78, 5) is 0. The van der Waals surface area contributed by atoms with Crippen LogP contribution in [0.25, 0.3) is 0 Å². The second kappa shape index (κ2) is 7.50. The fourth-order valence-electron chi connectivity index (χ4n) is 2.31. The van der Waals surface area contributed by atoms with Crippen LogP contribution in [-0.2, 0) is 19.1 Å². The van der Waals surface area contributed by atoms with Gasteiger partial charge in [0.2, 0.25) is 0 Å². The number of hydrogen-bond donors (Lipinski definition) is 2. The van der Waals surface area contributed by atoms with E-state index >= 15 is 0 Å². The quantitative estimate of drug-likeness (QED) is 0.820. The van der Waals surface area contributed by atoms with Crippen molar-refractivity contribution in [3.8, 4) is 0 Å². The molecule has 2 aromatic rings. The Morgan fingerprint density at radius 3 is 2.83 bits per heavy atom. The molecule has 1 unspecified atom stereocenters. The standard InChI is InChI=1S/C16H20F3N3O/c1-12(21-15-10-20-22(11-15)7-8-23)5-6-13-3-2-4-14(9-13)16(17,18)19/h2-4,9-12,21,23H,5-8H2,1H3. The third-order valence-electron chi connectivity index (χ3n) is 3.50. The van der Waals surface area contributed by atoms with Crippen molar-refractivity contribution in [2.75, 3.05) is 11.9 Å². The van der Waals surface area contributed by atoms with Crippen LogP contribution >= 0.6 is 0 Å². The molecule has 1 aromatic heterocycles. The zero-order valence-corrected chi connectivity index (χ0v) is 12.8. The van der Waals surface area contributed by atoms with Gasteiger partial charge in [-0.05, 0) is 31.4 Å². The number of nitrogens with one attached hydrogen (secondary N) is 1. The first-order valence-electron chi connectivity index (χ1n) is 7.44. The van der Waals surface area contributed by atoms with Crippen LogP contribution in [0.2, 0.25) is 0 Å². The second-order valence-electron chi connectivity index (χ2n) is 5.50. The average molecular weight is 327 g/mol. The lowest BCUT2D eigenvalue weighted by Crippen LogP contribution is -2.16. The van der Waals surface area contributed by atoms with E-state index in [0.29, 0.717) is 24.9 Å². The molecule has 0 amide bonds. The first-order chi connectivity index (χ1) is 10.9. The van der Waals surface area contributed by atoms with Crippen LogP contribution in [0.3, 0.4) is 0 Å². The second-order valence-corrected chi connectivity index (χ2v) is 5.50. The Balaban J connectivity index is 1.87. The van der Waals surface area contributed by atoms with Gasteiger partial charge in [-0.25, -0.2) is 0 Å². The summed E-state index contributed by atoms with van der Waals surface area (Å²) in [5.41, 5.74) is 0.889. The maximum atomic E-state index is 12.7. The molecule has 7 heteroatoms. The van der Waals surface area contributed by atoms with Gasteiger partial charge >= 0.3 is 6.18 Å². The normalized spacial score (nSPS) is 13.1. The Labute approximate surface area is 132 Å². The molecule has 2 N–H and O–H groups in total. The molecule has 1 atom stereocenters. The van der Waals surface area contributed by atoms with E-state index in [1.807, 2.05) is 6.92 Å². The minimum absolute atomic E-state index is 0.0201. The Kier molecular flexibility index (Phi) is 5.65. The van der Waals surface area contributed by atoms with E-state index < -0.39 is 11.7 Å². The number of aliphatic hydroxyl groups excluding tert-OH is 1. The topological polar surface area (TPSA) is 50.1 Å². The molecule has 0 bridgehead atoms. The first kappa shape index (κ1) is 17.3. The summed E-state index contributed by atoms with van der Waals surface area (Å²) in [5.74, 6) is 0. The molecule has 2 rings (SSSR count). The minimum atomic E-state index is -4.30. The molecule has 0 spiro atoms. The number of benzene rings is 1. The number of nitrogens with zero attached hydrogens (tertiary/aromatic N) is 2. The zero-order valence-electron chi connectivity index (χ0n) is 12.8. The van der Waals surface area contributed by atoms with E-state index in [-0.39, 0.29) is 12.6 Å². The van der Waals surface area contributed by atoms with E-state index in [4.69, 9.17) is 5.11 Å². The highest BCUT2D eigenvalue weighted by Gasteiger charge is 2.30. The van der Waals surface area contributed by atoms with Crippen LogP contribution in [0.15, 0.2) is 36.7 Å². The molecule has 0 aliphatic carbocycles. The highest BCUT2D eigenvalue weighted by atomic mass is 19.4. The molecule has 1 heterocycles. The molecule has 126 valence electrons. The van der Waals surface area contributed by atoms with Crippen LogP contribution in [0.1, 0.15) is 24.5 Å². The molecular weight excluding hydrogens is 307 g/mol. The van der Waals surface area contributed by atoms with Gasteiger partial charge in [0.05, 0.1) is 30.6 Å². The molecule has 0 saturated carbocycles. The molecule has 4 nitrogen and oxygen atoms in total. The molecule has 23 heavy (non-hydrogen) atoms. The van der Waals surface area contributed by atoms with E-state index in [0.717, 1.165) is 11.8 Å². The molecule has 0 fully saturated rings. The molecule has 1 aromatic carbocycles. The lowest BCUT2D eigenvalue weighted by molar-refractivity contribution is -0.137. The highest BCUT2D eigenvalue weighted by Crippen LogP contribution is 2.29. The van der Waals surface area contributed by atoms with E-state index in [2.05, 4.69) is 10.4 Å². The minimum Gasteiger partial charge on any atom is -0.394 e. The number of halogens is 3. The van der Waals surface area contributed by atoms with Gasteiger partial charge in [-0.2, -0.15) is 18.3 Å². The smallest absolute Gasteiger partial charge is 0.394 e. The van der Waals surface area contributed by atoms with Gasteiger partial charge < -0.3 is 10.4 Å². The highest BCUT2D eigenvalue weighted by molar-refractivity contribution is 5.39. The fourth-order valence-corrected chi connectivity index (χ4v) is 2.31. The van der Waals surface area contributed by atoms with Crippen molar-refractivity contribution in [1.82, 2.24) is 9.78 Å². The lowest BCUT2D eigenvalue weighted by Gasteiger charge is -2.14. The van der Waals surface area contributed by atoms with Crippen molar-refractivity contribution >= 4 is 5.69 Å². The maximum absolute atomic E-state index is 12.7. The van der Waals surface area contributed by atoms with Crippen LogP contribution in [-0.4, -0.2) is 27.5 Å². The van der Waals surface area contributed by atoms with Crippen LogP contribution in [0, 0.1) is 0 Å². The summed E-state index contributed by atoms with van der Waals surface area (Å²) in [7, 11) is 0. The number of anilines is 1. The van der Waals surface area contributed by atoms with Crippen molar-refractivity contribution in [1.29, 1.82) is 0 Å². The Bertz CT molecular complexity index is 625.